The SMILES string of the molecule is CCCN=C(NCC)NCCCN1CCCC1. The van der Waals surface area contributed by atoms with Crippen molar-refractivity contribution >= 4 is 5.96 Å². The molecule has 0 radical (unpaired) electrons. The molecule has 17 heavy (non-hydrogen) atoms. The Morgan fingerprint density at radius 3 is 2.59 bits per heavy atom. The van der Waals surface area contributed by atoms with Crippen molar-refractivity contribution < 1.29 is 0 Å². The first-order chi connectivity index (χ1) is 8.36. The predicted octanol–water partition coefficient (Wildman–Crippen LogP) is 1.44. The molecule has 0 aliphatic carbocycles. The molecule has 1 aliphatic heterocycles. The van der Waals surface area contributed by atoms with Crippen molar-refractivity contribution in [2.75, 3.05) is 39.3 Å². The summed E-state index contributed by atoms with van der Waals surface area (Å²) >= 11 is 0. The van der Waals surface area contributed by atoms with Gasteiger partial charge < -0.3 is 15.5 Å². The van der Waals surface area contributed by atoms with Crippen molar-refractivity contribution in [2.45, 2.75) is 39.5 Å². The van der Waals surface area contributed by atoms with E-state index in [1.54, 1.807) is 0 Å². The number of nitrogens with zero attached hydrogens (tertiary/aromatic N) is 2. The van der Waals surface area contributed by atoms with E-state index in [1.165, 1.54) is 38.9 Å². The Bertz CT molecular complexity index is 209. The van der Waals surface area contributed by atoms with Gasteiger partial charge in [0.1, 0.15) is 0 Å². The van der Waals surface area contributed by atoms with Gasteiger partial charge in [0.15, 0.2) is 5.96 Å². The van der Waals surface area contributed by atoms with Crippen LogP contribution in [0.15, 0.2) is 4.99 Å². The second-order valence-corrected chi connectivity index (χ2v) is 4.59. The van der Waals surface area contributed by atoms with Gasteiger partial charge in [-0.05, 0) is 52.2 Å². The quantitative estimate of drug-likeness (QED) is 0.402. The lowest BCUT2D eigenvalue weighted by Crippen LogP contribution is -2.38. The number of hydrogen-bond acceptors (Lipinski definition) is 2. The second kappa shape index (κ2) is 9.28. The second-order valence-electron chi connectivity index (χ2n) is 4.59. The van der Waals surface area contributed by atoms with Gasteiger partial charge in [-0.1, -0.05) is 6.92 Å². The molecule has 0 aromatic heterocycles. The van der Waals surface area contributed by atoms with Gasteiger partial charge in [0.2, 0.25) is 0 Å². The van der Waals surface area contributed by atoms with Crippen LogP contribution in [0.5, 0.6) is 0 Å². The van der Waals surface area contributed by atoms with Crippen molar-refractivity contribution in [1.82, 2.24) is 15.5 Å². The molecule has 4 heteroatoms. The van der Waals surface area contributed by atoms with E-state index in [1.807, 2.05) is 0 Å². The van der Waals surface area contributed by atoms with Crippen LogP contribution in [0.2, 0.25) is 0 Å². The first-order valence-electron chi connectivity index (χ1n) is 7.11. The zero-order valence-electron chi connectivity index (χ0n) is 11.5. The molecule has 1 heterocycles. The average Bonchev–Trinajstić information content (AvgIpc) is 2.84. The molecule has 1 fully saturated rings. The maximum absolute atomic E-state index is 4.48. The number of likely N-dealkylation sites (tertiary alicyclic amines) is 1. The van der Waals surface area contributed by atoms with Gasteiger partial charge in [-0.25, -0.2) is 0 Å². The fraction of sp³-hybridized carbons (Fsp3) is 0.923. The summed E-state index contributed by atoms with van der Waals surface area (Å²) in [7, 11) is 0. The van der Waals surface area contributed by atoms with E-state index in [2.05, 4.69) is 34.4 Å². The maximum atomic E-state index is 4.48. The Labute approximate surface area is 106 Å². The Morgan fingerprint density at radius 1 is 1.18 bits per heavy atom. The van der Waals surface area contributed by atoms with Crippen LogP contribution < -0.4 is 10.6 Å². The molecular weight excluding hydrogens is 212 g/mol. The molecule has 0 saturated carbocycles. The van der Waals surface area contributed by atoms with Crippen LogP contribution in [0, 0.1) is 0 Å². The highest BCUT2D eigenvalue weighted by molar-refractivity contribution is 5.79. The number of rotatable bonds is 7. The van der Waals surface area contributed by atoms with Crippen LogP contribution in [0.3, 0.4) is 0 Å². The average molecular weight is 240 g/mol. The van der Waals surface area contributed by atoms with Crippen molar-refractivity contribution in [3.8, 4) is 0 Å². The molecule has 100 valence electrons. The van der Waals surface area contributed by atoms with Crippen LogP contribution in [0.25, 0.3) is 0 Å². The van der Waals surface area contributed by atoms with Crippen LogP contribution in [0.4, 0.5) is 0 Å². The third-order valence-corrected chi connectivity index (χ3v) is 2.98. The van der Waals surface area contributed by atoms with Crippen LogP contribution in [-0.4, -0.2) is 50.1 Å². The van der Waals surface area contributed by atoms with E-state index < -0.39 is 0 Å². The number of aliphatic imine (C=N–C) groups is 1. The summed E-state index contributed by atoms with van der Waals surface area (Å²) in [5.74, 6) is 0.968. The summed E-state index contributed by atoms with van der Waals surface area (Å²) in [6.45, 7) is 10.9. The molecule has 0 spiro atoms. The van der Waals surface area contributed by atoms with Gasteiger partial charge in [0.05, 0.1) is 0 Å². The van der Waals surface area contributed by atoms with Crippen LogP contribution in [-0.2, 0) is 0 Å². The first-order valence-corrected chi connectivity index (χ1v) is 7.11. The molecule has 4 nitrogen and oxygen atoms in total. The lowest BCUT2D eigenvalue weighted by Gasteiger charge is -2.15. The normalized spacial score (nSPS) is 17.4. The fourth-order valence-corrected chi connectivity index (χ4v) is 2.08. The molecule has 0 aromatic rings. The summed E-state index contributed by atoms with van der Waals surface area (Å²) in [6.07, 6.45) is 5.07. The topological polar surface area (TPSA) is 39.7 Å². The van der Waals surface area contributed by atoms with Gasteiger partial charge in [-0.3, -0.25) is 4.99 Å². The van der Waals surface area contributed by atoms with Crippen LogP contribution in [0.1, 0.15) is 39.5 Å². The Morgan fingerprint density at radius 2 is 1.94 bits per heavy atom. The van der Waals surface area contributed by atoms with E-state index in [4.69, 9.17) is 0 Å². The van der Waals surface area contributed by atoms with Crippen LogP contribution >= 0.6 is 0 Å². The monoisotopic (exact) mass is 240 g/mol. The Kier molecular flexibility index (Phi) is 7.80. The van der Waals surface area contributed by atoms with E-state index in [9.17, 15) is 0 Å². The Hall–Kier alpha value is -0.770. The fourth-order valence-electron chi connectivity index (χ4n) is 2.08. The predicted molar refractivity (Wildman–Crippen MR) is 74.6 cm³/mol. The first kappa shape index (κ1) is 14.3. The van der Waals surface area contributed by atoms with Crippen molar-refractivity contribution in [3.05, 3.63) is 0 Å². The summed E-state index contributed by atoms with van der Waals surface area (Å²) in [5.41, 5.74) is 0. The van der Waals surface area contributed by atoms with Gasteiger partial charge >= 0.3 is 0 Å². The molecule has 0 bridgehead atoms. The minimum atomic E-state index is 0.904. The maximum Gasteiger partial charge on any atom is 0.191 e. The van der Waals surface area contributed by atoms with Gasteiger partial charge in [-0.2, -0.15) is 0 Å². The third-order valence-electron chi connectivity index (χ3n) is 2.98. The van der Waals surface area contributed by atoms with E-state index in [0.29, 0.717) is 0 Å². The van der Waals surface area contributed by atoms with Gasteiger partial charge in [0, 0.05) is 19.6 Å². The molecule has 0 aromatic carbocycles. The van der Waals surface area contributed by atoms with Crippen molar-refractivity contribution in [1.29, 1.82) is 0 Å². The smallest absolute Gasteiger partial charge is 0.191 e. The Balaban J connectivity index is 2.08. The van der Waals surface area contributed by atoms with E-state index >= 15 is 0 Å². The molecule has 0 unspecified atom stereocenters. The highest BCUT2D eigenvalue weighted by atomic mass is 15.2. The highest BCUT2D eigenvalue weighted by Gasteiger charge is 2.10. The number of guanidine groups is 1. The standard InChI is InChI=1S/C13H28N4/c1-3-8-15-13(14-4-2)16-9-7-12-17-10-5-6-11-17/h3-12H2,1-2H3,(H2,14,15,16). The molecule has 2 N–H and O–H groups in total. The number of nitrogens with one attached hydrogen (secondary N) is 2. The summed E-state index contributed by atoms with van der Waals surface area (Å²) in [5, 5.41) is 6.66. The van der Waals surface area contributed by atoms with E-state index in [0.717, 1.165) is 32.0 Å². The molecule has 0 atom stereocenters. The molecule has 1 aliphatic rings. The minimum Gasteiger partial charge on any atom is -0.357 e. The highest BCUT2D eigenvalue weighted by Crippen LogP contribution is 2.06. The van der Waals surface area contributed by atoms with Gasteiger partial charge in [-0.15, -0.1) is 0 Å². The minimum absolute atomic E-state index is 0.904. The molecule has 1 rings (SSSR count). The summed E-state index contributed by atoms with van der Waals surface area (Å²) < 4.78 is 0. The largest absolute Gasteiger partial charge is 0.357 e. The summed E-state index contributed by atoms with van der Waals surface area (Å²) in [4.78, 5) is 7.04. The van der Waals surface area contributed by atoms with Crippen molar-refractivity contribution in [3.63, 3.8) is 0 Å². The zero-order valence-corrected chi connectivity index (χ0v) is 11.5. The summed E-state index contributed by atoms with van der Waals surface area (Å²) in [6, 6.07) is 0. The molecular formula is C13H28N4. The third kappa shape index (κ3) is 6.51. The molecule has 1 saturated heterocycles. The van der Waals surface area contributed by atoms with E-state index in [-0.39, 0.29) is 0 Å². The van der Waals surface area contributed by atoms with Gasteiger partial charge in [0.25, 0.3) is 0 Å². The van der Waals surface area contributed by atoms with Crippen molar-refractivity contribution in [2.24, 2.45) is 4.99 Å². The lowest BCUT2D eigenvalue weighted by molar-refractivity contribution is 0.334. The zero-order chi connectivity index (χ0) is 12.3. The number of hydrogen-bond donors (Lipinski definition) is 2. The molecule has 0 amide bonds. The lowest BCUT2D eigenvalue weighted by atomic mass is 10.4.